The van der Waals surface area contributed by atoms with Crippen LogP contribution in [0.15, 0.2) is 18.2 Å². The first-order valence-electron chi connectivity index (χ1n) is 4.80. The van der Waals surface area contributed by atoms with Gasteiger partial charge in [0.2, 0.25) is 0 Å². The molecule has 0 heterocycles. The molecule has 1 rings (SSSR count). The number of nitrogens with one attached hydrogen (secondary N) is 1. The zero-order valence-electron chi connectivity index (χ0n) is 9.29. The zero-order valence-corrected chi connectivity index (χ0v) is 10.0. The zero-order chi connectivity index (χ0) is 13.0. The van der Waals surface area contributed by atoms with Gasteiger partial charge in [-0.15, -0.1) is 0 Å². The van der Waals surface area contributed by atoms with Crippen molar-refractivity contribution in [1.82, 2.24) is 5.32 Å². The van der Waals surface area contributed by atoms with Crippen LogP contribution in [0.2, 0.25) is 5.02 Å². The van der Waals surface area contributed by atoms with Crippen LogP contribution >= 0.6 is 11.6 Å². The van der Waals surface area contributed by atoms with E-state index in [-0.39, 0.29) is 10.6 Å². The summed E-state index contributed by atoms with van der Waals surface area (Å²) in [6.07, 6.45) is 0. The van der Waals surface area contributed by atoms with Gasteiger partial charge >= 0.3 is 5.97 Å². The summed E-state index contributed by atoms with van der Waals surface area (Å²) in [5.41, 5.74) is -0.287. The van der Waals surface area contributed by atoms with E-state index < -0.39 is 23.7 Å². The highest BCUT2D eigenvalue weighted by molar-refractivity contribution is 6.33. The molecule has 0 aliphatic rings. The number of amides is 1. The Morgan fingerprint density at radius 3 is 2.65 bits per heavy atom. The minimum absolute atomic E-state index is 0.0143. The Labute approximate surface area is 103 Å². The number of halogens is 2. The summed E-state index contributed by atoms with van der Waals surface area (Å²) in [5, 5.41) is 2.28. The second kappa shape index (κ2) is 5.63. The molecule has 92 valence electrons. The second-order valence-corrected chi connectivity index (χ2v) is 3.72. The Kier molecular flexibility index (Phi) is 4.45. The van der Waals surface area contributed by atoms with Gasteiger partial charge in [0, 0.05) is 0 Å². The molecule has 4 nitrogen and oxygen atoms in total. The van der Waals surface area contributed by atoms with Gasteiger partial charge in [0.15, 0.2) is 0 Å². The molecular weight excluding hydrogens is 249 g/mol. The SMILES string of the molecule is COC(=O)C(C)NC(=O)c1c(F)cccc1Cl. The summed E-state index contributed by atoms with van der Waals surface area (Å²) in [6, 6.07) is 3.02. The number of benzene rings is 1. The summed E-state index contributed by atoms with van der Waals surface area (Å²) >= 11 is 5.70. The van der Waals surface area contributed by atoms with Crippen molar-refractivity contribution in [3.8, 4) is 0 Å². The summed E-state index contributed by atoms with van der Waals surface area (Å²) in [7, 11) is 1.20. The predicted octanol–water partition coefficient (Wildman–Crippen LogP) is 1.77. The van der Waals surface area contributed by atoms with Crippen molar-refractivity contribution >= 4 is 23.5 Å². The van der Waals surface area contributed by atoms with E-state index >= 15 is 0 Å². The molecule has 6 heteroatoms. The Morgan fingerprint density at radius 2 is 2.12 bits per heavy atom. The summed E-state index contributed by atoms with van der Waals surface area (Å²) in [6.45, 7) is 1.43. The second-order valence-electron chi connectivity index (χ2n) is 3.31. The van der Waals surface area contributed by atoms with Crippen molar-refractivity contribution in [3.05, 3.63) is 34.6 Å². The molecule has 1 aromatic carbocycles. The highest BCUT2D eigenvalue weighted by atomic mass is 35.5. The van der Waals surface area contributed by atoms with Gasteiger partial charge in [0.05, 0.1) is 17.7 Å². The minimum Gasteiger partial charge on any atom is -0.467 e. The molecule has 17 heavy (non-hydrogen) atoms. The number of hydrogen-bond donors (Lipinski definition) is 1. The van der Waals surface area contributed by atoms with Crippen molar-refractivity contribution in [3.63, 3.8) is 0 Å². The third kappa shape index (κ3) is 3.17. The van der Waals surface area contributed by atoms with E-state index in [1.165, 1.54) is 26.2 Å². The molecule has 0 saturated carbocycles. The molecule has 0 aliphatic carbocycles. The number of ether oxygens (including phenoxy) is 1. The molecule has 1 aromatic rings. The van der Waals surface area contributed by atoms with Gasteiger partial charge in [0.1, 0.15) is 11.9 Å². The lowest BCUT2D eigenvalue weighted by molar-refractivity contribution is -0.142. The van der Waals surface area contributed by atoms with Crippen LogP contribution in [0.4, 0.5) is 4.39 Å². The molecule has 0 bridgehead atoms. The number of carbonyl (C=O) groups is 2. The smallest absolute Gasteiger partial charge is 0.328 e. The van der Waals surface area contributed by atoms with Gasteiger partial charge in [-0.25, -0.2) is 9.18 Å². The maximum atomic E-state index is 13.4. The van der Waals surface area contributed by atoms with Crippen LogP contribution in [-0.4, -0.2) is 25.0 Å². The van der Waals surface area contributed by atoms with E-state index in [0.717, 1.165) is 6.07 Å². The fourth-order valence-electron chi connectivity index (χ4n) is 1.22. The first-order chi connectivity index (χ1) is 7.97. The molecule has 0 radical (unpaired) electrons. The van der Waals surface area contributed by atoms with Crippen LogP contribution in [0, 0.1) is 5.82 Å². The first-order valence-corrected chi connectivity index (χ1v) is 5.18. The fourth-order valence-corrected chi connectivity index (χ4v) is 1.47. The van der Waals surface area contributed by atoms with E-state index in [4.69, 9.17) is 11.6 Å². The largest absolute Gasteiger partial charge is 0.467 e. The van der Waals surface area contributed by atoms with Gasteiger partial charge in [-0.3, -0.25) is 4.79 Å². The fraction of sp³-hybridized carbons (Fsp3) is 0.273. The van der Waals surface area contributed by atoms with E-state index in [1.54, 1.807) is 0 Å². The van der Waals surface area contributed by atoms with Gasteiger partial charge in [0.25, 0.3) is 5.91 Å². The van der Waals surface area contributed by atoms with Crippen molar-refractivity contribution in [2.24, 2.45) is 0 Å². The average Bonchev–Trinajstić information content (AvgIpc) is 2.27. The Bertz CT molecular complexity index is 430. The minimum atomic E-state index is -0.872. The first kappa shape index (κ1) is 13.4. The van der Waals surface area contributed by atoms with Crippen LogP contribution in [0.5, 0.6) is 0 Å². The summed E-state index contributed by atoms with van der Waals surface area (Å²) in [5.74, 6) is -2.12. The standard InChI is InChI=1S/C11H11ClFNO3/c1-6(11(16)17-2)14-10(15)9-7(12)4-3-5-8(9)13/h3-6H,1-2H3,(H,14,15). The third-order valence-corrected chi connectivity index (χ3v) is 2.41. The van der Waals surface area contributed by atoms with Gasteiger partial charge in [-0.1, -0.05) is 17.7 Å². The lowest BCUT2D eigenvalue weighted by Gasteiger charge is -2.12. The summed E-state index contributed by atoms with van der Waals surface area (Å²) < 4.78 is 17.8. The molecule has 1 N–H and O–H groups in total. The number of methoxy groups -OCH3 is 1. The normalized spacial score (nSPS) is 11.8. The van der Waals surface area contributed by atoms with E-state index in [1.807, 2.05) is 0 Å². The Morgan fingerprint density at radius 1 is 1.47 bits per heavy atom. The third-order valence-electron chi connectivity index (χ3n) is 2.09. The van der Waals surface area contributed by atoms with Crippen LogP contribution in [-0.2, 0) is 9.53 Å². The number of carbonyl (C=O) groups excluding carboxylic acids is 2. The van der Waals surface area contributed by atoms with Crippen molar-refractivity contribution in [2.45, 2.75) is 13.0 Å². The van der Waals surface area contributed by atoms with E-state index in [0.29, 0.717) is 0 Å². The van der Waals surface area contributed by atoms with Crippen LogP contribution in [0.3, 0.4) is 0 Å². The lowest BCUT2D eigenvalue weighted by atomic mass is 10.2. The molecule has 0 saturated heterocycles. The van der Waals surface area contributed by atoms with E-state index in [9.17, 15) is 14.0 Å². The topological polar surface area (TPSA) is 55.4 Å². The maximum absolute atomic E-state index is 13.4. The molecule has 0 aromatic heterocycles. The summed E-state index contributed by atoms with van der Waals surface area (Å²) in [4.78, 5) is 22.8. The quantitative estimate of drug-likeness (QED) is 0.842. The van der Waals surface area contributed by atoms with E-state index in [2.05, 4.69) is 10.1 Å². The molecule has 1 atom stereocenters. The molecule has 0 spiro atoms. The van der Waals surface area contributed by atoms with Crippen molar-refractivity contribution in [2.75, 3.05) is 7.11 Å². The van der Waals surface area contributed by atoms with Crippen molar-refractivity contribution in [1.29, 1.82) is 0 Å². The molecular formula is C11H11ClFNO3. The van der Waals surface area contributed by atoms with Gasteiger partial charge in [-0.2, -0.15) is 0 Å². The average molecular weight is 260 g/mol. The maximum Gasteiger partial charge on any atom is 0.328 e. The van der Waals surface area contributed by atoms with Crippen LogP contribution in [0.25, 0.3) is 0 Å². The van der Waals surface area contributed by atoms with Gasteiger partial charge in [-0.05, 0) is 19.1 Å². The van der Waals surface area contributed by atoms with Crippen LogP contribution < -0.4 is 5.32 Å². The monoisotopic (exact) mass is 259 g/mol. The molecule has 1 unspecified atom stereocenters. The van der Waals surface area contributed by atoms with Crippen LogP contribution in [0.1, 0.15) is 17.3 Å². The van der Waals surface area contributed by atoms with Crippen molar-refractivity contribution < 1.29 is 18.7 Å². The number of hydrogen-bond acceptors (Lipinski definition) is 3. The number of rotatable bonds is 3. The Hall–Kier alpha value is -1.62. The molecule has 0 aliphatic heterocycles. The molecule has 1 amide bonds. The van der Waals surface area contributed by atoms with Gasteiger partial charge < -0.3 is 10.1 Å². The highest BCUT2D eigenvalue weighted by Crippen LogP contribution is 2.18. The highest BCUT2D eigenvalue weighted by Gasteiger charge is 2.21. The number of esters is 1. The predicted molar refractivity (Wildman–Crippen MR) is 60.4 cm³/mol. The lowest BCUT2D eigenvalue weighted by Crippen LogP contribution is -2.39. The Balaban J connectivity index is 2.87. The molecule has 0 fully saturated rings.